The van der Waals surface area contributed by atoms with Crippen LogP contribution in [0.5, 0.6) is 0 Å². The van der Waals surface area contributed by atoms with Gasteiger partial charge in [0.25, 0.3) is 0 Å². The molecular weight excluding hydrogens is 458 g/mol. The number of hydrogen-bond donors (Lipinski definition) is 3. The summed E-state index contributed by atoms with van der Waals surface area (Å²) in [6, 6.07) is 14.2. The number of hydrogen-bond acceptors (Lipinski definition) is 4. The molecule has 3 N–H and O–H groups in total. The highest BCUT2D eigenvalue weighted by Gasteiger charge is 2.38. The van der Waals surface area contributed by atoms with Gasteiger partial charge in [-0.1, -0.05) is 36.4 Å². The van der Waals surface area contributed by atoms with Crippen LogP contribution in [0.3, 0.4) is 0 Å². The fourth-order valence-corrected chi connectivity index (χ4v) is 3.85. The zero-order valence-electron chi connectivity index (χ0n) is 18.1. The minimum Gasteiger partial charge on any atom is -0.475 e. The molecule has 2 aromatic rings. The summed E-state index contributed by atoms with van der Waals surface area (Å²) >= 11 is 0. The van der Waals surface area contributed by atoms with Crippen LogP contribution in [0.1, 0.15) is 22.7 Å². The first-order chi connectivity index (χ1) is 16.2. The van der Waals surface area contributed by atoms with Crippen LogP contribution in [0.2, 0.25) is 0 Å². The molecule has 2 aliphatic rings. The molecule has 0 aliphatic carbocycles. The predicted molar refractivity (Wildman–Crippen MR) is 115 cm³/mol. The highest BCUT2D eigenvalue weighted by Crippen LogP contribution is 2.35. The number of rotatable bonds is 2. The van der Waals surface area contributed by atoms with E-state index in [9.17, 15) is 22.4 Å². The average molecular weight is 483 g/mol. The van der Waals surface area contributed by atoms with Crippen molar-refractivity contribution in [2.45, 2.75) is 24.7 Å². The van der Waals surface area contributed by atoms with Gasteiger partial charge in [-0.2, -0.15) is 13.2 Å². The van der Waals surface area contributed by atoms with Crippen LogP contribution in [0.15, 0.2) is 48.5 Å². The molecule has 2 heterocycles. The Hall–Kier alpha value is -3.18. The molecule has 0 bridgehead atoms. The summed E-state index contributed by atoms with van der Waals surface area (Å²) in [6.07, 6.45) is -4.28. The Morgan fingerprint density at radius 2 is 1.79 bits per heavy atom. The zero-order valence-corrected chi connectivity index (χ0v) is 18.1. The zero-order chi connectivity index (χ0) is 24.7. The number of nitrogens with zero attached hydrogens (tertiary/aromatic N) is 1. The van der Waals surface area contributed by atoms with Gasteiger partial charge in [-0.3, -0.25) is 0 Å². The molecule has 11 heteroatoms. The standard InChI is InChI=1S/C21H24FN3O2.C2HF3O2/c22-17-7-5-16(6-8-17)20-19-4-2-1-3-15(19)9-11-25(20)21(26)24-18-13-23-10-12-27-14-18;3-2(4,5)1(6)7/h1-8,18,20,23H,9-14H2,(H,24,26);(H,6,7)/t18?,20-;/m1./s1. The van der Waals surface area contributed by atoms with Gasteiger partial charge in [0.2, 0.25) is 0 Å². The van der Waals surface area contributed by atoms with E-state index in [4.69, 9.17) is 14.6 Å². The van der Waals surface area contributed by atoms with Crippen molar-refractivity contribution in [3.8, 4) is 0 Å². The molecule has 2 amide bonds. The second kappa shape index (κ2) is 11.3. The largest absolute Gasteiger partial charge is 0.490 e. The molecule has 1 saturated heterocycles. The maximum Gasteiger partial charge on any atom is 0.490 e. The van der Waals surface area contributed by atoms with Crippen LogP contribution in [0.25, 0.3) is 0 Å². The van der Waals surface area contributed by atoms with E-state index in [2.05, 4.69) is 22.8 Å². The molecule has 2 aliphatic heterocycles. The van der Waals surface area contributed by atoms with Crippen LogP contribution in [-0.4, -0.2) is 67.1 Å². The monoisotopic (exact) mass is 483 g/mol. The lowest BCUT2D eigenvalue weighted by Crippen LogP contribution is -2.52. The van der Waals surface area contributed by atoms with E-state index in [1.807, 2.05) is 17.0 Å². The molecule has 34 heavy (non-hydrogen) atoms. The maximum absolute atomic E-state index is 13.4. The number of urea groups is 1. The number of ether oxygens (including phenoxy) is 1. The van der Waals surface area contributed by atoms with E-state index in [1.54, 1.807) is 12.1 Å². The van der Waals surface area contributed by atoms with E-state index in [-0.39, 0.29) is 23.9 Å². The Morgan fingerprint density at radius 3 is 2.47 bits per heavy atom. The number of nitrogens with one attached hydrogen (secondary N) is 2. The maximum atomic E-state index is 13.4. The average Bonchev–Trinajstić information content (AvgIpc) is 3.07. The number of amides is 2. The summed E-state index contributed by atoms with van der Waals surface area (Å²) in [5, 5.41) is 13.5. The fourth-order valence-electron chi connectivity index (χ4n) is 3.85. The van der Waals surface area contributed by atoms with Crippen molar-refractivity contribution in [3.05, 3.63) is 71.0 Å². The number of benzene rings is 2. The Labute approximate surface area is 193 Å². The van der Waals surface area contributed by atoms with E-state index in [1.165, 1.54) is 17.7 Å². The fraction of sp³-hybridized carbons (Fsp3) is 0.391. The molecule has 1 unspecified atom stereocenters. The Kier molecular flexibility index (Phi) is 8.46. The lowest BCUT2D eigenvalue weighted by molar-refractivity contribution is -0.192. The molecule has 0 spiro atoms. The number of carbonyl (C=O) groups excluding carboxylic acids is 1. The van der Waals surface area contributed by atoms with E-state index >= 15 is 0 Å². The molecule has 7 nitrogen and oxygen atoms in total. The SMILES string of the molecule is O=C(NC1CNCCOC1)N1CCc2ccccc2[C@H]1c1ccc(F)cc1.O=C(O)C(F)(F)F. The number of halogens is 4. The van der Waals surface area contributed by atoms with E-state index in [0.717, 1.165) is 24.1 Å². The molecule has 1 fully saturated rings. The van der Waals surface area contributed by atoms with Gasteiger partial charge in [-0.05, 0) is 35.2 Å². The molecular formula is C23H25F4N3O4. The normalized spacial score (nSPS) is 20.3. The van der Waals surface area contributed by atoms with Gasteiger partial charge < -0.3 is 25.4 Å². The predicted octanol–water partition coefficient (Wildman–Crippen LogP) is 3.10. The lowest BCUT2D eigenvalue weighted by Gasteiger charge is -2.38. The minimum absolute atomic E-state index is 0.0639. The molecule has 4 rings (SSSR count). The van der Waals surface area contributed by atoms with Crippen molar-refractivity contribution in [3.63, 3.8) is 0 Å². The van der Waals surface area contributed by atoms with Crippen LogP contribution < -0.4 is 10.6 Å². The second-order valence-electron chi connectivity index (χ2n) is 7.82. The number of aliphatic carboxylic acids is 1. The highest BCUT2D eigenvalue weighted by atomic mass is 19.4. The van der Waals surface area contributed by atoms with Crippen LogP contribution in [-0.2, 0) is 16.0 Å². The van der Waals surface area contributed by atoms with E-state index < -0.39 is 12.1 Å². The number of carboxylic acid groups (broad SMARTS) is 1. The Morgan fingerprint density at radius 1 is 1.12 bits per heavy atom. The quantitative estimate of drug-likeness (QED) is 0.572. The Balaban J connectivity index is 0.000000406. The van der Waals surface area contributed by atoms with Gasteiger partial charge in [-0.15, -0.1) is 0 Å². The first-order valence-corrected chi connectivity index (χ1v) is 10.7. The molecule has 0 radical (unpaired) electrons. The highest BCUT2D eigenvalue weighted by molar-refractivity contribution is 5.76. The summed E-state index contributed by atoms with van der Waals surface area (Å²) in [6.45, 7) is 3.26. The van der Waals surface area contributed by atoms with Gasteiger partial charge in [0, 0.05) is 19.6 Å². The van der Waals surface area contributed by atoms with Crippen molar-refractivity contribution in [2.24, 2.45) is 0 Å². The van der Waals surface area contributed by atoms with Crippen molar-refractivity contribution >= 4 is 12.0 Å². The summed E-state index contributed by atoms with van der Waals surface area (Å²) < 4.78 is 50.7. The smallest absolute Gasteiger partial charge is 0.475 e. The number of fused-ring (bicyclic) bond motifs is 1. The van der Waals surface area contributed by atoms with Crippen LogP contribution in [0.4, 0.5) is 22.4 Å². The Bertz CT molecular complexity index is 977. The number of alkyl halides is 3. The second-order valence-corrected chi connectivity index (χ2v) is 7.82. The van der Waals surface area contributed by atoms with Crippen molar-refractivity contribution in [2.75, 3.05) is 32.8 Å². The number of carboxylic acids is 1. The first kappa shape index (κ1) is 25.4. The van der Waals surface area contributed by atoms with Gasteiger partial charge in [0.1, 0.15) is 5.82 Å². The molecule has 2 atom stereocenters. The lowest BCUT2D eigenvalue weighted by atomic mass is 9.88. The van der Waals surface area contributed by atoms with Crippen molar-refractivity contribution < 1.29 is 37.0 Å². The number of carbonyl (C=O) groups is 2. The molecule has 0 saturated carbocycles. The third kappa shape index (κ3) is 6.67. The van der Waals surface area contributed by atoms with E-state index in [0.29, 0.717) is 26.3 Å². The topological polar surface area (TPSA) is 90.9 Å². The summed E-state index contributed by atoms with van der Waals surface area (Å²) in [5.74, 6) is -3.03. The summed E-state index contributed by atoms with van der Waals surface area (Å²) in [7, 11) is 0. The third-order valence-electron chi connectivity index (χ3n) is 5.43. The first-order valence-electron chi connectivity index (χ1n) is 10.7. The molecule has 0 aromatic heterocycles. The summed E-state index contributed by atoms with van der Waals surface area (Å²) in [5.41, 5.74) is 3.24. The van der Waals surface area contributed by atoms with Crippen LogP contribution in [0, 0.1) is 5.82 Å². The van der Waals surface area contributed by atoms with Gasteiger partial charge in [-0.25, -0.2) is 14.0 Å². The molecule has 184 valence electrons. The molecule has 2 aromatic carbocycles. The van der Waals surface area contributed by atoms with Crippen molar-refractivity contribution in [1.82, 2.24) is 15.5 Å². The van der Waals surface area contributed by atoms with Gasteiger partial charge >= 0.3 is 18.2 Å². The van der Waals surface area contributed by atoms with Crippen LogP contribution >= 0.6 is 0 Å². The van der Waals surface area contributed by atoms with Crippen molar-refractivity contribution in [1.29, 1.82) is 0 Å². The minimum atomic E-state index is -5.08. The summed E-state index contributed by atoms with van der Waals surface area (Å²) in [4.78, 5) is 23.8. The van der Waals surface area contributed by atoms with Gasteiger partial charge in [0.05, 0.1) is 25.3 Å². The third-order valence-corrected chi connectivity index (χ3v) is 5.43. The van der Waals surface area contributed by atoms with Gasteiger partial charge in [0.15, 0.2) is 0 Å².